The third-order valence-electron chi connectivity index (χ3n) is 3.79. The first-order chi connectivity index (χ1) is 9.20. The fourth-order valence-electron chi connectivity index (χ4n) is 2.90. The minimum Gasteiger partial charge on any atom is -0.324 e. The second-order valence-electron chi connectivity index (χ2n) is 5.05. The molecule has 3 rings (SSSR count). The van der Waals surface area contributed by atoms with Crippen LogP contribution in [0.5, 0.6) is 0 Å². The average molecular weight is 276 g/mol. The quantitative estimate of drug-likeness (QED) is 0.913. The van der Waals surface area contributed by atoms with Gasteiger partial charge in [0, 0.05) is 22.3 Å². The fraction of sp³-hybridized carbons (Fsp3) is 0.400. The van der Waals surface area contributed by atoms with Crippen LogP contribution >= 0.6 is 11.6 Å². The number of aryl methyl sites for hydroxylation is 1. The molecule has 0 spiro atoms. The van der Waals surface area contributed by atoms with Gasteiger partial charge in [0.25, 0.3) is 0 Å². The standard InChI is InChI=1S/C15H18ClN3/c1-2-13-15-12(17)7-4-8-14(15)19(18-13)11-6-3-5-10(16)9-11/h3,5-6,9,12H,2,4,7-8,17H2,1H3. The zero-order chi connectivity index (χ0) is 13.4. The molecule has 1 aromatic heterocycles. The molecule has 0 amide bonds. The summed E-state index contributed by atoms with van der Waals surface area (Å²) in [6, 6.07) is 7.97. The number of halogens is 1. The van der Waals surface area contributed by atoms with Crippen molar-refractivity contribution in [3.63, 3.8) is 0 Å². The number of benzene rings is 1. The third kappa shape index (κ3) is 2.17. The molecule has 100 valence electrons. The number of rotatable bonds is 2. The molecule has 3 nitrogen and oxygen atoms in total. The van der Waals surface area contributed by atoms with Gasteiger partial charge in [0.1, 0.15) is 0 Å². The van der Waals surface area contributed by atoms with Crippen LogP contribution in [0.4, 0.5) is 0 Å². The van der Waals surface area contributed by atoms with Crippen LogP contribution in [-0.2, 0) is 12.8 Å². The Bertz CT molecular complexity index is 603. The Morgan fingerprint density at radius 3 is 3.05 bits per heavy atom. The van der Waals surface area contributed by atoms with E-state index in [4.69, 9.17) is 22.4 Å². The number of aromatic nitrogens is 2. The molecule has 1 aliphatic carbocycles. The summed E-state index contributed by atoms with van der Waals surface area (Å²) in [6.45, 7) is 2.13. The molecule has 1 aliphatic rings. The molecule has 1 heterocycles. The van der Waals surface area contributed by atoms with Crippen molar-refractivity contribution in [3.05, 3.63) is 46.2 Å². The third-order valence-corrected chi connectivity index (χ3v) is 4.02. The number of fused-ring (bicyclic) bond motifs is 1. The van der Waals surface area contributed by atoms with Crippen LogP contribution in [-0.4, -0.2) is 9.78 Å². The van der Waals surface area contributed by atoms with Gasteiger partial charge < -0.3 is 5.73 Å². The van der Waals surface area contributed by atoms with Crippen molar-refractivity contribution >= 4 is 11.6 Å². The Balaban J connectivity index is 2.17. The summed E-state index contributed by atoms with van der Waals surface area (Å²) in [7, 11) is 0. The summed E-state index contributed by atoms with van der Waals surface area (Å²) in [5.74, 6) is 0. The van der Waals surface area contributed by atoms with E-state index in [0.29, 0.717) is 0 Å². The van der Waals surface area contributed by atoms with Gasteiger partial charge in [-0.25, -0.2) is 4.68 Å². The van der Waals surface area contributed by atoms with Gasteiger partial charge in [0.15, 0.2) is 0 Å². The second-order valence-corrected chi connectivity index (χ2v) is 5.49. The van der Waals surface area contributed by atoms with E-state index in [0.717, 1.165) is 42.1 Å². The number of hydrogen-bond acceptors (Lipinski definition) is 2. The summed E-state index contributed by atoms with van der Waals surface area (Å²) in [5, 5.41) is 5.49. The van der Waals surface area contributed by atoms with Crippen molar-refractivity contribution in [2.45, 2.75) is 38.6 Å². The minimum absolute atomic E-state index is 0.131. The first-order valence-electron chi connectivity index (χ1n) is 6.83. The van der Waals surface area contributed by atoms with E-state index in [-0.39, 0.29) is 6.04 Å². The van der Waals surface area contributed by atoms with Crippen LogP contribution in [0.1, 0.15) is 42.8 Å². The lowest BCUT2D eigenvalue weighted by Crippen LogP contribution is -2.19. The van der Waals surface area contributed by atoms with Crippen molar-refractivity contribution in [1.29, 1.82) is 0 Å². The van der Waals surface area contributed by atoms with E-state index >= 15 is 0 Å². The van der Waals surface area contributed by atoms with Crippen LogP contribution < -0.4 is 5.73 Å². The van der Waals surface area contributed by atoms with Gasteiger partial charge in [-0.1, -0.05) is 24.6 Å². The Kier molecular flexibility index (Phi) is 3.33. The molecule has 1 aromatic carbocycles. The molecule has 0 bridgehead atoms. The van der Waals surface area contributed by atoms with E-state index in [1.165, 1.54) is 11.3 Å². The first kappa shape index (κ1) is 12.7. The van der Waals surface area contributed by atoms with Crippen molar-refractivity contribution in [1.82, 2.24) is 9.78 Å². The Morgan fingerprint density at radius 1 is 1.47 bits per heavy atom. The predicted molar refractivity (Wildman–Crippen MR) is 77.8 cm³/mol. The largest absolute Gasteiger partial charge is 0.324 e. The van der Waals surface area contributed by atoms with Crippen LogP contribution in [0.25, 0.3) is 5.69 Å². The highest BCUT2D eigenvalue weighted by Crippen LogP contribution is 2.32. The normalized spacial score (nSPS) is 18.4. The van der Waals surface area contributed by atoms with Crippen LogP contribution in [0.15, 0.2) is 24.3 Å². The predicted octanol–water partition coefficient (Wildman–Crippen LogP) is 3.42. The molecule has 0 radical (unpaired) electrons. The maximum Gasteiger partial charge on any atom is 0.0676 e. The monoisotopic (exact) mass is 275 g/mol. The molecular weight excluding hydrogens is 258 g/mol. The summed E-state index contributed by atoms with van der Waals surface area (Å²) in [6.07, 6.45) is 4.15. The summed E-state index contributed by atoms with van der Waals surface area (Å²) < 4.78 is 2.03. The Hall–Kier alpha value is -1.32. The van der Waals surface area contributed by atoms with Crippen molar-refractivity contribution in [2.75, 3.05) is 0 Å². The highest BCUT2D eigenvalue weighted by atomic mass is 35.5. The van der Waals surface area contributed by atoms with E-state index in [1.807, 2.05) is 28.9 Å². The molecule has 0 aliphatic heterocycles. The second kappa shape index (κ2) is 4.99. The van der Waals surface area contributed by atoms with E-state index in [2.05, 4.69) is 6.92 Å². The zero-order valence-corrected chi connectivity index (χ0v) is 11.8. The highest BCUT2D eigenvalue weighted by molar-refractivity contribution is 6.30. The van der Waals surface area contributed by atoms with Gasteiger partial charge >= 0.3 is 0 Å². The lowest BCUT2D eigenvalue weighted by molar-refractivity contribution is 0.556. The van der Waals surface area contributed by atoms with Gasteiger partial charge in [0.2, 0.25) is 0 Å². The molecule has 0 saturated carbocycles. The molecule has 1 unspecified atom stereocenters. The van der Waals surface area contributed by atoms with Crippen molar-refractivity contribution < 1.29 is 0 Å². The maximum absolute atomic E-state index is 6.26. The van der Waals surface area contributed by atoms with E-state index in [9.17, 15) is 0 Å². The Morgan fingerprint density at radius 2 is 2.32 bits per heavy atom. The molecule has 2 aromatic rings. The van der Waals surface area contributed by atoms with Crippen LogP contribution in [0, 0.1) is 0 Å². The zero-order valence-electron chi connectivity index (χ0n) is 11.1. The number of nitrogens with zero attached hydrogens (tertiary/aromatic N) is 2. The van der Waals surface area contributed by atoms with Crippen LogP contribution in [0.3, 0.4) is 0 Å². The van der Waals surface area contributed by atoms with Gasteiger partial charge in [-0.15, -0.1) is 0 Å². The van der Waals surface area contributed by atoms with Gasteiger partial charge in [-0.3, -0.25) is 0 Å². The molecule has 0 fully saturated rings. The smallest absolute Gasteiger partial charge is 0.0676 e. The lowest BCUT2D eigenvalue weighted by Gasteiger charge is -2.20. The topological polar surface area (TPSA) is 43.8 Å². The van der Waals surface area contributed by atoms with Gasteiger partial charge in [-0.05, 0) is 43.9 Å². The van der Waals surface area contributed by atoms with E-state index in [1.54, 1.807) is 0 Å². The molecular formula is C15H18ClN3. The van der Waals surface area contributed by atoms with Crippen LogP contribution in [0.2, 0.25) is 5.02 Å². The van der Waals surface area contributed by atoms with E-state index < -0.39 is 0 Å². The number of nitrogens with two attached hydrogens (primary N) is 1. The lowest BCUT2D eigenvalue weighted by atomic mass is 9.91. The SMILES string of the molecule is CCc1nn(-c2cccc(Cl)c2)c2c1C(N)CCC2. The highest BCUT2D eigenvalue weighted by Gasteiger charge is 2.25. The van der Waals surface area contributed by atoms with Crippen molar-refractivity contribution in [2.24, 2.45) is 5.73 Å². The maximum atomic E-state index is 6.26. The van der Waals surface area contributed by atoms with Crippen molar-refractivity contribution in [3.8, 4) is 5.69 Å². The molecule has 0 saturated heterocycles. The van der Waals surface area contributed by atoms with Gasteiger partial charge in [0.05, 0.1) is 11.4 Å². The summed E-state index contributed by atoms with van der Waals surface area (Å²) in [4.78, 5) is 0. The summed E-state index contributed by atoms with van der Waals surface area (Å²) >= 11 is 6.08. The fourth-order valence-corrected chi connectivity index (χ4v) is 3.09. The molecule has 19 heavy (non-hydrogen) atoms. The first-order valence-corrected chi connectivity index (χ1v) is 7.20. The molecule has 4 heteroatoms. The summed E-state index contributed by atoms with van der Waals surface area (Å²) in [5.41, 5.74) is 10.9. The average Bonchev–Trinajstić information content (AvgIpc) is 2.79. The Labute approximate surface area is 118 Å². The minimum atomic E-state index is 0.131. The molecule has 2 N–H and O–H groups in total. The van der Waals surface area contributed by atoms with Gasteiger partial charge in [-0.2, -0.15) is 5.10 Å². The number of hydrogen-bond donors (Lipinski definition) is 1. The molecule has 1 atom stereocenters.